The summed E-state index contributed by atoms with van der Waals surface area (Å²) in [5.41, 5.74) is 0.0509. The van der Waals surface area contributed by atoms with E-state index in [0.29, 0.717) is 6.10 Å². The first-order chi connectivity index (χ1) is 6.20. The molecule has 2 nitrogen and oxygen atoms in total. The minimum atomic E-state index is -0.112. The monoisotopic (exact) mass is 184 g/mol. The van der Waals surface area contributed by atoms with Crippen molar-refractivity contribution in [2.24, 2.45) is 0 Å². The first-order valence-electron chi connectivity index (χ1n) is 5.56. The van der Waals surface area contributed by atoms with Gasteiger partial charge in [-0.25, -0.2) is 0 Å². The minimum Gasteiger partial charge on any atom is -0.393 e. The van der Waals surface area contributed by atoms with Gasteiger partial charge in [0.05, 0.1) is 17.8 Å². The number of aliphatic hydroxyl groups excluding tert-OH is 1. The second-order valence-corrected chi connectivity index (χ2v) is 4.75. The molecule has 2 rings (SSSR count). The fourth-order valence-electron chi connectivity index (χ4n) is 2.88. The van der Waals surface area contributed by atoms with Crippen molar-refractivity contribution >= 4 is 0 Å². The van der Waals surface area contributed by atoms with Gasteiger partial charge in [0.2, 0.25) is 0 Å². The van der Waals surface area contributed by atoms with Crippen molar-refractivity contribution in [2.45, 2.75) is 69.7 Å². The van der Waals surface area contributed by atoms with Gasteiger partial charge in [-0.15, -0.1) is 0 Å². The fraction of sp³-hybridized carbons (Fsp3) is 1.00. The van der Waals surface area contributed by atoms with Gasteiger partial charge in [-0.2, -0.15) is 0 Å². The van der Waals surface area contributed by atoms with Crippen molar-refractivity contribution in [3.05, 3.63) is 0 Å². The van der Waals surface area contributed by atoms with Crippen LogP contribution in [0.5, 0.6) is 0 Å². The lowest BCUT2D eigenvalue weighted by atomic mass is 9.78. The van der Waals surface area contributed by atoms with Gasteiger partial charge >= 0.3 is 0 Å². The van der Waals surface area contributed by atoms with Crippen LogP contribution in [0.2, 0.25) is 0 Å². The zero-order valence-electron chi connectivity index (χ0n) is 8.46. The van der Waals surface area contributed by atoms with Gasteiger partial charge in [0.25, 0.3) is 0 Å². The molecule has 0 aromatic rings. The highest BCUT2D eigenvalue weighted by Gasteiger charge is 2.39. The van der Waals surface area contributed by atoms with E-state index >= 15 is 0 Å². The number of hydrogen-bond acceptors (Lipinski definition) is 2. The van der Waals surface area contributed by atoms with E-state index in [9.17, 15) is 5.11 Å². The van der Waals surface area contributed by atoms with Crippen LogP contribution in [-0.2, 0) is 4.74 Å². The maximum Gasteiger partial charge on any atom is 0.0710 e. The standard InChI is InChI=1S/C11H20O2/c1-9-4-2-6-11(13-9)7-3-5-10(12)8-11/h9-10,12H,2-8H2,1H3. The largest absolute Gasteiger partial charge is 0.393 e. The van der Waals surface area contributed by atoms with Gasteiger partial charge in [-0.05, 0) is 45.4 Å². The Morgan fingerprint density at radius 3 is 2.54 bits per heavy atom. The van der Waals surface area contributed by atoms with Crippen LogP contribution in [0, 0.1) is 0 Å². The van der Waals surface area contributed by atoms with E-state index in [-0.39, 0.29) is 11.7 Å². The molecule has 2 heteroatoms. The molecule has 1 N–H and O–H groups in total. The molecule has 1 aliphatic heterocycles. The molecule has 0 bridgehead atoms. The molecular formula is C11H20O2. The van der Waals surface area contributed by atoms with E-state index in [2.05, 4.69) is 6.92 Å². The van der Waals surface area contributed by atoms with Crippen LogP contribution >= 0.6 is 0 Å². The number of rotatable bonds is 0. The molecule has 0 radical (unpaired) electrons. The van der Waals surface area contributed by atoms with E-state index < -0.39 is 0 Å². The molecule has 1 saturated heterocycles. The zero-order valence-corrected chi connectivity index (χ0v) is 8.46. The number of hydrogen-bond donors (Lipinski definition) is 1. The van der Waals surface area contributed by atoms with E-state index in [1.807, 2.05) is 0 Å². The third kappa shape index (κ3) is 2.05. The molecule has 13 heavy (non-hydrogen) atoms. The topological polar surface area (TPSA) is 29.5 Å². The predicted molar refractivity (Wildman–Crippen MR) is 51.6 cm³/mol. The molecule has 1 saturated carbocycles. The van der Waals surface area contributed by atoms with Crippen LogP contribution < -0.4 is 0 Å². The molecule has 1 spiro atoms. The summed E-state index contributed by atoms with van der Waals surface area (Å²) in [6, 6.07) is 0. The summed E-state index contributed by atoms with van der Waals surface area (Å²) < 4.78 is 6.03. The lowest BCUT2D eigenvalue weighted by molar-refractivity contribution is -0.156. The van der Waals surface area contributed by atoms with Gasteiger partial charge in [-0.1, -0.05) is 0 Å². The van der Waals surface area contributed by atoms with Crippen molar-refractivity contribution in [3.8, 4) is 0 Å². The van der Waals surface area contributed by atoms with Gasteiger partial charge in [0, 0.05) is 6.42 Å². The van der Waals surface area contributed by atoms with Crippen molar-refractivity contribution < 1.29 is 9.84 Å². The van der Waals surface area contributed by atoms with Crippen LogP contribution in [-0.4, -0.2) is 22.9 Å². The summed E-state index contributed by atoms with van der Waals surface area (Å²) in [5, 5.41) is 9.63. The van der Waals surface area contributed by atoms with Crippen LogP contribution in [0.3, 0.4) is 0 Å². The summed E-state index contributed by atoms with van der Waals surface area (Å²) in [7, 11) is 0. The molecule has 76 valence electrons. The van der Waals surface area contributed by atoms with Crippen LogP contribution in [0.4, 0.5) is 0 Å². The Kier molecular flexibility index (Phi) is 2.61. The van der Waals surface area contributed by atoms with Crippen molar-refractivity contribution in [2.75, 3.05) is 0 Å². The first-order valence-corrected chi connectivity index (χ1v) is 5.56. The molecule has 1 aliphatic carbocycles. The molecule has 1 heterocycles. The van der Waals surface area contributed by atoms with Gasteiger partial charge < -0.3 is 9.84 Å². The Hall–Kier alpha value is -0.0800. The summed E-state index contributed by atoms with van der Waals surface area (Å²) in [4.78, 5) is 0. The highest BCUT2D eigenvalue weighted by atomic mass is 16.5. The Bertz CT molecular complexity index is 159. The van der Waals surface area contributed by atoms with E-state index in [0.717, 1.165) is 32.1 Å². The van der Waals surface area contributed by atoms with Crippen LogP contribution in [0.15, 0.2) is 0 Å². The van der Waals surface area contributed by atoms with Crippen LogP contribution in [0.1, 0.15) is 51.9 Å². The predicted octanol–water partition coefficient (Wildman–Crippen LogP) is 2.25. The molecule has 0 aromatic heterocycles. The van der Waals surface area contributed by atoms with Crippen molar-refractivity contribution in [3.63, 3.8) is 0 Å². The first kappa shape index (κ1) is 9.47. The summed E-state index contributed by atoms with van der Waals surface area (Å²) in [6.45, 7) is 2.15. The third-order valence-electron chi connectivity index (χ3n) is 3.47. The fourth-order valence-corrected chi connectivity index (χ4v) is 2.88. The molecule has 2 fully saturated rings. The van der Waals surface area contributed by atoms with E-state index in [1.165, 1.54) is 12.8 Å². The average molecular weight is 184 g/mol. The van der Waals surface area contributed by atoms with E-state index in [4.69, 9.17) is 4.74 Å². The SMILES string of the molecule is CC1CCCC2(CCCC(O)C2)O1. The second kappa shape index (κ2) is 3.58. The smallest absolute Gasteiger partial charge is 0.0710 e. The molecule has 3 unspecified atom stereocenters. The Morgan fingerprint density at radius 1 is 1.23 bits per heavy atom. The molecule has 0 amide bonds. The van der Waals surface area contributed by atoms with Crippen molar-refractivity contribution in [1.82, 2.24) is 0 Å². The minimum absolute atomic E-state index is 0.0509. The third-order valence-corrected chi connectivity index (χ3v) is 3.47. The quantitative estimate of drug-likeness (QED) is 0.625. The summed E-state index contributed by atoms with van der Waals surface area (Å²) in [6.07, 6.45) is 8.05. The summed E-state index contributed by atoms with van der Waals surface area (Å²) in [5.74, 6) is 0. The van der Waals surface area contributed by atoms with Gasteiger partial charge in [0.1, 0.15) is 0 Å². The second-order valence-electron chi connectivity index (χ2n) is 4.75. The zero-order chi connectivity index (χ0) is 9.31. The molecule has 0 aromatic carbocycles. The number of ether oxygens (including phenoxy) is 1. The van der Waals surface area contributed by atoms with Crippen molar-refractivity contribution in [1.29, 1.82) is 0 Å². The lowest BCUT2D eigenvalue weighted by Crippen LogP contribution is -2.44. The van der Waals surface area contributed by atoms with Gasteiger partial charge in [0.15, 0.2) is 0 Å². The molecule has 3 atom stereocenters. The summed E-state index contributed by atoms with van der Waals surface area (Å²) >= 11 is 0. The average Bonchev–Trinajstić information content (AvgIpc) is 2.02. The maximum atomic E-state index is 9.63. The Labute approximate surface area is 80.3 Å². The van der Waals surface area contributed by atoms with Gasteiger partial charge in [-0.3, -0.25) is 0 Å². The van der Waals surface area contributed by atoms with E-state index in [1.54, 1.807) is 0 Å². The Balaban J connectivity index is 2.00. The molecule has 2 aliphatic rings. The molecular weight excluding hydrogens is 164 g/mol. The maximum absolute atomic E-state index is 9.63. The normalized spacial score (nSPS) is 46.6. The number of aliphatic hydroxyl groups is 1. The van der Waals surface area contributed by atoms with Crippen LogP contribution in [0.25, 0.3) is 0 Å². The highest BCUT2D eigenvalue weighted by Crippen LogP contribution is 2.40. The lowest BCUT2D eigenvalue weighted by Gasteiger charge is -2.44. The Morgan fingerprint density at radius 2 is 1.92 bits per heavy atom. The highest BCUT2D eigenvalue weighted by molar-refractivity contribution is 4.91.